The van der Waals surface area contributed by atoms with Gasteiger partial charge in [0.15, 0.2) is 0 Å². The second-order valence-corrected chi connectivity index (χ2v) is 4.20. The molecule has 0 aliphatic carbocycles. The quantitative estimate of drug-likeness (QED) is 0.777. The van der Waals surface area contributed by atoms with Crippen LogP contribution in [0.2, 0.25) is 0 Å². The number of hydrogen-bond donors (Lipinski definition) is 0. The number of thiazole rings is 1. The average Bonchev–Trinajstić information content (AvgIpc) is 2.89. The lowest BCUT2D eigenvalue weighted by Gasteiger charge is -2.02. The molecule has 0 atom stereocenters. The molecule has 2 rings (SSSR count). The summed E-state index contributed by atoms with van der Waals surface area (Å²) in [6.07, 6.45) is 1.66. The summed E-state index contributed by atoms with van der Waals surface area (Å²) in [7, 11) is 0. The van der Waals surface area contributed by atoms with E-state index in [0.29, 0.717) is 11.1 Å². The van der Waals surface area contributed by atoms with Gasteiger partial charge >= 0.3 is 5.97 Å². The molecule has 4 nitrogen and oxygen atoms in total. The molecule has 0 saturated heterocycles. The minimum Gasteiger partial charge on any atom is -0.456 e. The lowest BCUT2D eigenvalue weighted by atomic mass is 10.1. The summed E-state index contributed by atoms with van der Waals surface area (Å²) in [5.74, 6) is -0.400. The molecule has 0 aliphatic rings. The number of esters is 1. The summed E-state index contributed by atoms with van der Waals surface area (Å²) < 4.78 is 5.09. The van der Waals surface area contributed by atoms with Gasteiger partial charge in [-0.25, -0.2) is 4.79 Å². The molecule has 0 saturated carbocycles. The maximum atomic E-state index is 11.6. The number of aromatic nitrogens is 1. The molecule has 2 aromatic rings. The predicted octanol–water partition coefficient (Wildman–Crippen LogP) is 2.37. The second-order valence-electron chi connectivity index (χ2n) is 3.23. The Kier molecular flexibility index (Phi) is 3.48. The predicted molar refractivity (Wildman–Crippen MR) is 62.4 cm³/mol. The summed E-state index contributed by atoms with van der Waals surface area (Å²) in [5.41, 5.74) is 2.64. The van der Waals surface area contributed by atoms with Crippen LogP contribution in [0.4, 0.5) is 0 Å². The van der Waals surface area contributed by atoms with Gasteiger partial charge in [-0.1, -0.05) is 0 Å². The van der Waals surface area contributed by atoms with Gasteiger partial charge in [0.05, 0.1) is 27.6 Å². The second kappa shape index (κ2) is 5.23. The van der Waals surface area contributed by atoms with Crippen molar-refractivity contribution in [1.29, 1.82) is 5.26 Å². The number of hydrogen-bond acceptors (Lipinski definition) is 5. The smallest absolute Gasteiger partial charge is 0.338 e. The third-order valence-corrected chi connectivity index (χ3v) is 2.83. The van der Waals surface area contributed by atoms with Crippen molar-refractivity contribution in [3.8, 4) is 6.07 Å². The molecule has 0 fully saturated rings. The van der Waals surface area contributed by atoms with Crippen molar-refractivity contribution >= 4 is 17.3 Å². The van der Waals surface area contributed by atoms with Crippen molar-refractivity contribution in [2.24, 2.45) is 0 Å². The first-order chi connectivity index (χ1) is 8.29. The molecule has 0 amide bonds. The highest BCUT2D eigenvalue weighted by molar-refractivity contribution is 7.09. The molecule has 1 aromatic carbocycles. The lowest BCUT2D eigenvalue weighted by Crippen LogP contribution is -2.04. The van der Waals surface area contributed by atoms with E-state index in [9.17, 15) is 4.79 Å². The Morgan fingerprint density at radius 2 is 2.18 bits per heavy atom. The fourth-order valence-electron chi connectivity index (χ4n) is 1.21. The van der Waals surface area contributed by atoms with Crippen LogP contribution in [-0.2, 0) is 11.3 Å². The molecule has 84 valence electrons. The van der Waals surface area contributed by atoms with Crippen LogP contribution in [0, 0.1) is 11.3 Å². The Morgan fingerprint density at radius 3 is 2.76 bits per heavy atom. The van der Waals surface area contributed by atoms with Crippen molar-refractivity contribution in [1.82, 2.24) is 4.98 Å². The third kappa shape index (κ3) is 2.89. The topological polar surface area (TPSA) is 63.0 Å². The number of ether oxygens (including phenoxy) is 1. The fraction of sp³-hybridized carbons (Fsp3) is 0.0833. The highest BCUT2D eigenvalue weighted by Crippen LogP contribution is 2.10. The number of nitrogens with zero attached hydrogens (tertiary/aromatic N) is 2. The molecule has 0 aliphatic heterocycles. The summed E-state index contributed by atoms with van der Waals surface area (Å²) in [4.78, 5) is 16.4. The fourth-order valence-corrected chi connectivity index (χ4v) is 1.72. The van der Waals surface area contributed by atoms with Crippen molar-refractivity contribution in [2.45, 2.75) is 6.61 Å². The van der Waals surface area contributed by atoms with Crippen LogP contribution >= 0.6 is 11.3 Å². The summed E-state index contributed by atoms with van der Waals surface area (Å²) in [6, 6.07) is 8.32. The van der Waals surface area contributed by atoms with Crippen molar-refractivity contribution < 1.29 is 9.53 Å². The molecular weight excluding hydrogens is 236 g/mol. The van der Waals surface area contributed by atoms with Crippen LogP contribution in [0.1, 0.15) is 20.8 Å². The molecule has 0 bridgehead atoms. The number of benzene rings is 1. The van der Waals surface area contributed by atoms with Crippen molar-refractivity contribution in [3.63, 3.8) is 0 Å². The molecule has 0 spiro atoms. The molecule has 0 radical (unpaired) electrons. The Morgan fingerprint density at radius 1 is 1.41 bits per heavy atom. The van der Waals surface area contributed by atoms with Gasteiger partial charge in [-0.15, -0.1) is 11.3 Å². The molecule has 1 aromatic heterocycles. The van der Waals surface area contributed by atoms with Gasteiger partial charge in [0.25, 0.3) is 0 Å². The monoisotopic (exact) mass is 244 g/mol. The first-order valence-corrected chi connectivity index (χ1v) is 5.72. The normalized spacial score (nSPS) is 9.59. The molecule has 0 unspecified atom stereocenters. The van der Waals surface area contributed by atoms with Gasteiger partial charge in [0.2, 0.25) is 0 Å². The molecule has 17 heavy (non-hydrogen) atoms. The van der Waals surface area contributed by atoms with Gasteiger partial charge in [-0.05, 0) is 24.3 Å². The van der Waals surface area contributed by atoms with Gasteiger partial charge in [0, 0.05) is 6.20 Å². The summed E-state index contributed by atoms with van der Waals surface area (Å²) in [5, 5.41) is 8.62. The summed E-state index contributed by atoms with van der Waals surface area (Å²) in [6.45, 7) is 0.226. The number of nitriles is 1. The highest BCUT2D eigenvalue weighted by atomic mass is 32.1. The zero-order chi connectivity index (χ0) is 12.1. The first-order valence-electron chi connectivity index (χ1n) is 4.84. The number of rotatable bonds is 3. The van der Waals surface area contributed by atoms with Crippen LogP contribution in [-0.4, -0.2) is 11.0 Å². The SMILES string of the molecule is N#Cc1ccc(C(=O)OCc2cncs2)cc1. The van der Waals surface area contributed by atoms with Crippen LogP contribution in [0.5, 0.6) is 0 Å². The molecule has 0 N–H and O–H groups in total. The van der Waals surface area contributed by atoms with E-state index in [4.69, 9.17) is 10.00 Å². The Bertz CT molecular complexity index is 541. The maximum absolute atomic E-state index is 11.6. The van der Waals surface area contributed by atoms with E-state index in [1.165, 1.54) is 11.3 Å². The minimum absolute atomic E-state index is 0.226. The van der Waals surface area contributed by atoms with Gasteiger partial charge < -0.3 is 4.74 Å². The molecule has 1 heterocycles. The Hall–Kier alpha value is -2.19. The zero-order valence-electron chi connectivity index (χ0n) is 8.79. The average molecular weight is 244 g/mol. The van der Waals surface area contributed by atoms with E-state index in [1.807, 2.05) is 6.07 Å². The number of carbonyl (C=O) groups excluding carboxylic acids is 1. The van der Waals surface area contributed by atoms with E-state index in [2.05, 4.69) is 4.98 Å². The van der Waals surface area contributed by atoms with Crippen LogP contribution in [0.3, 0.4) is 0 Å². The van der Waals surface area contributed by atoms with Gasteiger partial charge in [0.1, 0.15) is 6.61 Å². The van der Waals surface area contributed by atoms with Gasteiger partial charge in [-0.3, -0.25) is 4.98 Å². The zero-order valence-corrected chi connectivity index (χ0v) is 9.61. The first kappa shape index (κ1) is 11.3. The third-order valence-electron chi connectivity index (χ3n) is 2.08. The largest absolute Gasteiger partial charge is 0.456 e. The number of carbonyl (C=O) groups is 1. The highest BCUT2D eigenvalue weighted by Gasteiger charge is 2.07. The molecule has 5 heteroatoms. The van der Waals surface area contributed by atoms with Gasteiger partial charge in [-0.2, -0.15) is 5.26 Å². The van der Waals surface area contributed by atoms with Crippen LogP contribution in [0.25, 0.3) is 0 Å². The van der Waals surface area contributed by atoms with E-state index in [1.54, 1.807) is 36.0 Å². The van der Waals surface area contributed by atoms with Crippen molar-refractivity contribution in [3.05, 3.63) is 52.0 Å². The van der Waals surface area contributed by atoms with Crippen molar-refractivity contribution in [2.75, 3.05) is 0 Å². The summed E-state index contributed by atoms with van der Waals surface area (Å²) >= 11 is 1.43. The van der Waals surface area contributed by atoms with E-state index in [0.717, 1.165) is 4.88 Å². The maximum Gasteiger partial charge on any atom is 0.338 e. The van der Waals surface area contributed by atoms with E-state index < -0.39 is 5.97 Å². The standard InChI is InChI=1S/C12H8N2O2S/c13-5-9-1-3-10(4-2-9)12(15)16-7-11-6-14-8-17-11/h1-4,6,8H,7H2. The Labute approximate surface area is 102 Å². The molecular formula is C12H8N2O2S. The lowest BCUT2D eigenvalue weighted by molar-refractivity contribution is 0.0476. The van der Waals surface area contributed by atoms with E-state index in [-0.39, 0.29) is 6.61 Å². The minimum atomic E-state index is -0.400. The Balaban J connectivity index is 1.97. The van der Waals surface area contributed by atoms with E-state index >= 15 is 0 Å². The van der Waals surface area contributed by atoms with Crippen LogP contribution in [0.15, 0.2) is 36.0 Å². The van der Waals surface area contributed by atoms with Crippen LogP contribution < -0.4 is 0 Å².